The highest BCUT2D eigenvalue weighted by Crippen LogP contribution is 2.48. The molecule has 1 saturated heterocycles. The number of imidazole rings is 1. The van der Waals surface area contributed by atoms with Crippen molar-refractivity contribution < 1.29 is 22.7 Å². The first-order chi connectivity index (χ1) is 18.5. The Hall–Kier alpha value is -2.83. The van der Waals surface area contributed by atoms with E-state index < -0.39 is 11.7 Å². The Balaban J connectivity index is 1.34. The van der Waals surface area contributed by atoms with Crippen molar-refractivity contribution >= 4 is 57.9 Å². The highest BCUT2D eigenvalue weighted by molar-refractivity contribution is 6.39. The highest BCUT2D eigenvalue weighted by atomic mass is 35.5. The van der Waals surface area contributed by atoms with Crippen molar-refractivity contribution in [2.45, 2.75) is 56.8 Å². The molecule has 9 nitrogen and oxygen atoms in total. The van der Waals surface area contributed by atoms with Gasteiger partial charge in [0.25, 0.3) is 0 Å². The van der Waals surface area contributed by atoms with Crippen molar-refractivity contribution in [3.05, 3.63) is 33.9 Å². The molecule has 0 bridgehead atoms. The average Bonchev–Trinajstić information content (AvgIpc) is 3.18. The van der Waals surface area contributed by atoms with Gasteiger partial charge in [-0.2, -0.15) is 18.2 Å². The van der Waals surface area contributed by atoms with E-state index in [2.05, 4.69) is 20.6 Å². The monoisotopic (exact) mass is 583 g/mol. The van der Waals surface area contributed by atoms with E-state index in [0.29, 0.717) is 48.7 Å². The van der Waals surface area contributed by atoms with Crippen LogP contribution in [0.3, 0.4) is 0 Å². The summed E-state index contributed by atoms with van der Waals surface area (Å²) in [5.74, 6) is 0.248. The molecular formula is C25H26Cl2F3N7O2. The second-order valence-electron chi connectivity index (χ2n) is 10.8. The van der Waals surface area contributed by atoms with E-state index in [1.54, 1.807) is 6.20 Å². The molecule has 1 aliphatic heterocycles. The van der Waals surface area contributed by atoms with Gasteiger partial charge in [-0.25, -0.2) is 9.97 Å². The predicted octanol–water partition coefficient (Wildman–Crippen LogP) is 5.70. The summed E-state index contributed by atoms with van der Waals surface area (Å²) < 4.78 is 47.0. The minimum absolute atomic E-state index is 0.0954. The van der Waals surface area contributed by atoms with E-state index in [4.69, 9.17) is 38.7 Å². The molecule has 1 aromatic carbocycles. The molecule has 2 saturated carbocycles. The average molecular weight is 584 g/mol. The standard InChI is InChI=1S/C25H26Cl2F3N7O2/c26-16-5-13(25(28,29)30)6-17(27)19(16)35-23-34-18-9-32-22(33-14-7-24(8-14)10-39-11-24)36-21(18)37(23)15-3-1-12(2-4-15)20(31)38/h5-6,9,12,14-15H,1-4,7-8,10-11H2,(H2,31,38)(H,34,35)(H,32,33,36). The molecule has 208 valence electrons. The normalized spacial score (nSPS) is 22.9. The molecule has 14 heteroatoms. The summed E-state index contributed by atoms with van der Waals surface area (Å²) in [5, 5.41) is 6.05. The molecule has 3 aromatic rings. The van der Waals surface area contributed by atoms with Crippen LogP contribution in [-0.2, 0) is 15.7 Å². The number of amides is 1. The zero-order valence-electron chi connectivity index (χ0n) is 20.7. The number of anilines is 3. The van der Waals surface area contributed by atoms with Gasteiger partial charge < -0.3 is 21.1 Å². The number of nitrogens with one attached hydrogen (secondary N) is 2. The van der Waals surface area contributed by atoms with Gasteiger partial charge in [0.2, 0.25) is 17.8 Å². The second kappa shape index (κ2) is 9.67. The summed E-state index contributed by atoms with van der Waals surface area (Å²) in [6.45, 7) is 1.58. The van der Waals surface area contributed by atoms with Gasteiger partial charge in [0.05, 0.1) is 40.7 Å². The lowest BCUT2D eigenvalue weighted by Gasteiger charge is -2.53. The minimum atomic E-state index is -4.59. The molecule has 39 heavy (non-hydrogen) atoms. The number of ether oxygens (including phenoxy) is 1. The predicted molar refractivity (Wildman–Crippen MR) is 140 cm³/mol. The van der Waals surface area contributed by atoms with E-state index in [1.165, 1.54) is 0 Å². The number of benzene rings is 1. The van der Waals surface area contributed by atoms with Gasteiger partial charge >= 0.3 is 6.18 Å². The largest absolute Gasteiger partial charge is 0.416 e. The lowest BCUT2D eigenvalue weighted by Crippen LogP contribution is -2.56. The third kappa shape index (κ3) is 4.98. The van der Waals surface area contributed by atoms with Crippen molar-refractivity contribution in [1.29, 1.82) is 0 Å². The van der Waals surface area contributed by atoms with E-state index in [9.17, 15) is 18.0 Å². The fraction of sp³-hybridized carbons (Fsp3) is 0.520. The third-order valence-electron chi connectivity index (χ3n) is 8.01. The topological polar surface area (TPSA) is 120 Å². The number of carbonyl (C=O) groups excluding carboxylic acids is 1. The van der Waals surface area contributed by atoms with Crippen molar-refractivity contribution in [2.24, 2.45) is 17.1 Å². The molecule has 0 unspecified atom stereocenters. The molecule has 2 aromatic heterocycles. The Kier molecular flexibility index (Phi) is 6.54. The fourth-order valence-corrected chi connectivity index (χ4v) is 6.46. The Morgan fingerprint density at radius 2 is 1.77 bits per heavy atom. The first-order valence-corrected chi connectivity index (χ1v) is 13.5. The number of halogens is 5. The smallest absolute Gasteiger partial charge is 0.380 e. The van der Waals surface area contributed by atoms with Crippen LogP contribution in [0.1, 0.15) is 50.1 Å². The van der Waals surface area contributed by atoms with Crippen LogP contribution in [0.2, 0.25) is 10.0 Å². The number of primary amides is 1. The van der Waals surface area contributed by atoms with Crippen LogP contribution < -0.4 is 16.4 Å². The number of aromatic nitrogens is 4. The highest BCUT2D eigenvalue weighted by Gasteiger charge is 2.50. The van der Waals surface area contributed by atoms with Crippen molar-refractivity contribution in [1.82, 2.24) is 19.5 Å². The number of fused-ring (bicyclic) bond motifs is 1. The maximum atomic E-state index is 13.3. The van der Waals surface area contributed by atoms with Gasteiger partial charge in [0.15, 0.2) is 5.65 Å². The minimum Gasteiger partial charge on any atom is -0.380 e. The van der Waals surface area contributed by atoms with Crippen molar-refractivity contribution in [3.8, 4) is 0 Å². The Labute approximate surface area is 231 Å². The van der Waals surface area contributed by atoms with Crippen LogP contribution in [0.4, 0.5) is 30.8 Å². The van der Waals surface area contributed by atoms with Crippen LogP contribution in [0.25, 0.3) is 11.2 Å². The number of hydrogen-bond acceptors (Lipinski definition) is 7. The van der Waals surface area contributed by atoms with Crippen LogP contribution >= 0.6 is 23.2 Å². The molecule has 2 aliphatic carbocycles. The van der Waals surface area contributed by atoms with Crippen molar-refractivity contribution in [3.63, 3.8) is 0 Å². The van der Waals surface area contributed by atoms with Crippen molar-refractivity contribution in [2.75, 3.05) is 23.8 Å². The zero-order valence-corrected chi connectivity index (χ0v) is 22.2. The molecular weight excluding hydrogens is 558 g/mol. The quantitative estimate of drug-likeness (QED) is 0.340. The van der Waals surface area contributed by atoms with Gasteiger partial charge in [-0.1, -0.05) is 23.2 Å². The summed E-state index contributed by atoms with van der Waals surface area (Å²) in [6.07, 6.45) is 1.47. The first kappa shape index (κ1) is 26.4. The van der Waals surface area contributed by atoms with E-state index >= 15 is 0 Å². The lowest BCUT2D eigenvalue weighted by molar-refractivity contribution is -0.160. The molecule has 1 spiro atoms. The Morgan fingerprint density at radius 1 is 1.10 bits per heavy atom. The number of nitrogens with zero attached hydrogens (tertiary/aromatic N) is 4. The molecule has 3 heterocycles. The molecule has 1 amide bonds. The molecule has 3 fully saturated rings. The third-order valence-corrected chi connectivity index (χ3v) is 8.61. The molecule has 0 atom stereocenters. The first-order valence-electron chi connectivity index (χ1n) is 12.7. The molecule has 6 rings (SSSR count). The van der Waals surface area contributed by atoms with Crippen LogP contribution in [0, 0.1) is 11.3 Å². The van der Waals surface area contributed by atoms with Crippen LogP contribution in [0.5, 0.6) is 0 Å². The number of rotatable bonds is 6. The summed E-state index contributed by atoms with van der Waals surface area (Å²) in [5.41, 5.74) is 6.01. The maximum Gasteiger partial charge on any atom is 0.416 e. The zero-order chi connectivity index (χ0) is 27.5. The van der Waals surface area contributed by atoms with E-state index in [1.807, 2.05) is 4.57 Å². The number of hydrogen-bond donors (Lipinski definition) is 3. The number of alkyl halides is 3. The van der Waals surface area contributed by atoms with Gasteiger partial charge in [0, 0.05) is 23.4 Å². The summed E-state index contributed by atoms with van der Waals surface area (Å²) >= 11 is 12.5. The van der Waals surface area contributed by atoms with Gasteiger partial charge in [0.1, 0.15) is 5.52 Å². The Bertz CT molecular complexity index is 1400. The fourth-order valence-electron chi connectivity index (χ4n) is 5.88. The number of nitrogens with two attached hydrogens (primary N) is 1. The SMILES string of the molecule is NC(=O)C1CCC(n2c(Nc3c(Cl)cc(C(F)(F)F)cc3Cl)nc3cnc(NC4CC5(COC5)C4)nc32)CC1. The summed E-state index contributed by atoms with van der Waals surface area (Å²) in [6, 6.07) is 1.79. The molecule has 0 radical (unpaired) electrons. The summed E-state index contributed by atoms with van der Waals surface area (Å²) in [4.78, 5) is 25.6. The van der Waals surface area contributed by atoms with E-state index in [-0.39, 0.29) is 45.1 Å². The number of carbonyl (C=O) groups is 1. The molecule has 3 aliphatic rings. The van der Waals surface area contributed by atoms with E-state index in [0.717, 1.165) is 38.2 Å². The summed E-state index contributed by atoms with van der Waals surface area (Å²) in [7, 11) is 0. The lowest BCUT2D eigenvalue weighted by atomic mass is 9.64. The van der Waals surface area contributed by atoms with Gasteiger partial charge in [-0.3, -0.25) is 9.36 Å². The van der Waals surface area contributed by atoms with Gasteiger partial charge in [-0.15, -0.1) is 0 Å². The van der Waals surface area contributed by atoms with Gasteiger partial charge in [-0.05, 0) is 50.7 Å². The van der Waals surface area contributed by atoms with Crippen LogP contribution in [0.15, 0.2) is 18.3 Å². The second-order valence-corrected chi connectivity index (χ2v) is 11.6. The maximum absolute atomic E-state index is 13.3. The molecule has 4 N–H and O–H groups in total. The van der Waals surface area contributed by atoms with Crippen LogP contribution in [-0.4, -0.2) is 44.7 Å². The Morgan fingerprint density at radius 3 is 2.33 bits per heavy atom.